The van der Waals surface area contributed by atoms with E-state index in [0.29, 0.717) is 13.2 Å². The number of fused-ring (bicyclic) bond motifs is 1. The molecule has 0 radical (unpaired) electrons. The summed E-state index contributed by atoms with van der Waals surface area (Å²) in [7, 11) is 1.66. The van der Waals surface area contributed by atoms with E-state index in [2.05, 4.69) is 17.4 Å². The van der Waals surface area contributed by atoms with E-state index in [4.69, 9.17) is 19.3 Å². The van der Waals surface area contributed by atoms with Crippen molar-refractivity contribution in [2.75, 3.05) is 26.9 Å². The van der Waals surface area contributed by atoms with Gasteiger partial charge in [0.2, 0.25) is 0 Å². The lowest BCUT2D eigenvalue weighted by Gasteiger charge is -2.27. The first-order valence-electron chi connectivity index (χ1n) is 8.15. The molecule has 1 aliphatic heterocycles. The molecule has 2 aromatic rings. The molecule has 5 nitrogen and oxygen atoms in total. The number of benzene rings is 2. The molecule has 24 heavy (non-hydrogen) atoms. The van der Waals surface area contributed by atoms with Crippen molar-refractivity contribution in [2.45, 2.75) is 19.0 Å². The highest BCUT2D eigenvalue weighted by Gasteiger charge is 2.22. The van der Waals surface area contributed by atoms with Crippen LogP contribution in [-0.2, 0) is 13.0 Å². The normalized spacial score (nSPS) is 16.2. The van der Waals surface area contributed by atoms with E-state index in [0.717, 1.165) is 41.3 Å². The minimum Gasteiger partial charge on any atom is -0.493 e. The molecular formula is C19H23NO4. The highest BCUT2D eigenvalue weighted by Crippen LogP contribution is 2.34. The molecule has 0 aliphatic carbocycles. The van der Waals surface area contributed by atoms with Gasteiger partial charge in [0.25, 0.3) is 0 Å². The lowest BCUT2D eigenvalue weighted by atomic mass is 10.0. The molecule has 5 heteroatoms. The number of aliphatic hydroxyl groups is 1. The van der Waals surface area contributed by atoms with Crippen LogP contribution in [0.1, 0.15) is 11.1 Å². The van der Waals surface area contributed by atoms with Crippen molar-refractivity contribution < 1.29 is 19.3 Å². The highest BCUT2D eigenvalue weighted by atomic mass is 16.5. The fraction of sp³-hybridized carbons (Fsp3) is 0.368. The Kier molecular flexibility index (Phi) is 5.56. The van der Waals surface area contributed by atoms with E-state index in [-0.39, 0.29) is 12.6 Å². The van der Waals surface area contributed by atoms with Crippen LogP contribution < -0.4 is 19.5 Å². The second-order valence-corrected chi connectivity index (χ2v) is 5.76. The summed E-state index contributed by atoms with van der Waals surface area (Å²) in [5, 5.41) is 12.4. The van der Waals surface area contributed by atoms with Crippen LogP contribution >= 0.6 is 0 Å². The maximum absolute atomic E-state index is 8.83. The molecule has 3 rings (SSSR count). The standard InChI is InChI=1S/C19H23NO4/c1-22-18-7-3-5-15-11-16(13-24-19(15)18)20-12-14-4-2-6-17(10-14)23-9-8-21/h2-7,10,16,20-21H,8-9,11-13H2,1H3/t16-/m1/s1. The molecule has 0 spiro atoms. The second kappa shape index (κ2) is 8.04. The Morgan fingerprint density at radius 1 is 1.25 bits per heavy atom. The fourth-order valence-corrected chi connectivity index (χ4v) is 2.86. The van der Waals surface area contributed by atoms with Gasteiger partial charge in [0.15, 0.2) is 11.5 Å². The summed E-state index contributed by atoms with van der Waals surface area (Å²) in [6, 6.07) is 14.1. The van der Waals surface area contributed by atoms with Crippen LogP contribution in [0, 0.1) is 0 Å². The second-order valence-electron chi connectivity index (χ2n) is 5.76. The Hall–Kier alpha value is -2.24. The number of rotatable bonds is 7. The van der Waals surface area contributed by atoms with Gasteiger partial charge in [0.05, 0.1) is 13.7 Å². The lowest BCUT2D eigenvalue weighted by molar-refractivity contribution is 0.201. The number of aliphatic hydroxyl groups excluding tert-OH is 1. The van der Waals surface area contributed by atoms with Gasteiger partial charge in [-0.3, -0.25) is 0 Å². The molecule has 0 unspecified atom stereocenters. The van der Waals surface area contributed by atoms with Gasteiger partial charge >= 0.3 is 0 Å². The van der Waals surface area contributed by atoms with E-state index in [1.165, 1.54) is 0 Å². The number of para-hydroxylation sites is 1. The van der Waals surface area contributed by atoms with E-state index in [9.17, 15) is 0 Å². The van der Waals surface area contributed by atoms with Gasteiger partial charge in [0, 0.05) is 12.6 Å². The number of hydrogen-bond acceptors (Lipinski definition) is 5. The number of ether oxygens (including phenoxy) is 3. The molecule has 1 aliphatic rings. The summed E-state index contributed by atoms with van der Waals surface area (Å²) in [5.74, 6) is 2.43. The van der Waals surface area contributed by atoms with Gasteiger partial charge in [-0.2, -0.15) is 0 Å². The molecule has 1 atom stereocenters. The first kappa shape index (κ1) is 16.6. The number of methoxy groups -OCH3 is 1. The SMILES string of the molecule is COc1cccc2c1OC[C@H](NCc1cccc(OCCO)c1)C2. The average molecular weight is 329 g/mol. The summed E-state index contributed by atoms with van der Waals surface area (Å²) >= 11 is 0. The highest BCUT2D eigenvalue weighted by molar-refractivity contribution is 5.48. The van der Waals surface area contributed by atoms with Crippen molar-refractivity contribution in [1.29, 1.82) is 0 Å². The van der Waals surface area contributed by atoms with Crippen molar-refractivity contribution in [3.8, 4) is 17.2 Å². The van der Waals surface area contributed by atoms with Gasteiger partial charge in [-0.15, -0.1) is 0 Å². The third-order valence-electron chi connectivity index (χ3n) is 4.03. The molecule has 0 saturated carbocycles. The minimum absolute atomic E-state index is 0.0186. The Labute approximate surface area is 142 Å². The Bertz CT molecular complexity index is 674. The van der Waals surface area contributed by atoms with Crippen molar-refractivity contribution in [3.63, 3.8) is 0 Å². The van der Waals surface area contributed by atoms with Crippen LogP contribution in [0.5, 0.6) is 17.2 Å². The minimum atomic E-state index is 0.0186. The van der Waals surface area contributed by atoms with Crippen molar-refractivity contribution in [3.05, 3.63) is 53.6 Å². The lowest BCUT2D eigenvalue weighted by Crippen LogP contribution is -2.38. The Morgan fingerprint density at radius 3 is 2.96 bits per heavy atom. The van der Waals surface area contributed by atoms with Crippen LogP contribution in [0.25, 0.3) is 0 Å². The van der Waals surface area contributed by atoms with E-state index >= 15 is 0 Å². The smallest absolute Gasteiger partial charge is 0.164 e. The van der Waals surface area contributed by atoms with Gasteiger partial charge in [-0.25, -0.2) is 0 Å². The number of nitrogens with one attached hydrogen (secondary N) is 1. The van der Waals surface area contributed by atoms with Crippen LogP contribution in [0.2, 0.25) is 0 Å². The zero-order chi connectivity index (χ0) is 16.8. The van der Waals surface area contributed by atoms with E-state index in [1.807, 2.05) is 30.3 Å². The third-order valence-corrected chi connectivity index (χ3v) is 4.03. The first-order chi connectivity index (χ1) is 11.8. The summed E-state index contributed by atoms with van der Waals surface area (Å²) in [6.07, 6.45) is 0.910. The van der Waals surface area contributed by atoms with Crippen LogP contribution in [0.15, 0.2) is 42.5 Å². The van der Waals surface area contributed by atoms with Crippen molar-refractivity contribution >= 4 is 0 Å². The molecule has 1 heterocycles. The fourth-order valence-electron chi connectivity index (χ4n) is 2.86. The Balaban J connectivity index is 1.58. The van der Waals surface area contributed by atoms with Crippen molar-refractivity contribution in [2.24, 2.45) is 0 Å². The Morgan fingerprint density at radius 2 is 2.12 bits per heavy atom. The van der Waals surface area contributed by atoms with E-state index in [1.54, 1.807) is 7.11 Å². The predicted octanol–water partition coefficient (Wildman–Crippen LogP) is 2.16. The van der Waals surface area contributed by atoms with Crippen molar-refractivity contribution in [1.82, 2.24) is 5.32 Å². The summed E-state index contributed by atoms with van der Waals surface area (Å²) in [5.41, 5.74) is 2.31. The molecular weight excluding hydrogens is 306 g/mol. The molecule has 0 bridgehead atoms. The first-order valence-corrected chi connectivity index (χ1v) is 8.15. The predicted molar refractivity (Wildman–Crippen MR) is 91.8 cm³/mol. The quantitative estimate of drug-likeness (QED) is 0.815. The molecule has 0 aromatic heterocycles. The van der Waals surface area contributed by atoms with Gasteiger partial charge in [0.1, 0.15) is 19.0 Å². The molecule has 0 saturated heterocycles. The molecule has 128 valence electrons. The van der Waals surface area contributed by atoms with Crippen LogP contribution in [-0.4, -0.2) is 38.1 Å². The monoisotopic (exact) mass is 329 g/mol. The van der Waals surface area contributed by atoms with Gasteiger partial charge < -0.3 is 24.6 Å². The average Bonchev–Trinajstić information content (AvgIpc) is 2.64. The zero-order valence-corrected chi connectivity index (χ0v) is 13.8. The summed E-state index contributed by atoms with van der Waals surface area (Å²) in [6.45, 7) is 1.69. The summed E-state index contributed by atoms with van der Waals surface area (Å²) in [4.78, 5) is 0. The van der Waals surface area contributed by atoms with Crippen LogP contribution in [0.3, 0.4) is 0 Å². The molecule has 0 amide bonds. The largest absolute Gasteiger partial charge is 0.493 e. The number of hydrogen-bond donors (Lipinski definition) is 2. The van der Waals surface area contributed by atoms with Gasteiger partial charge in [-0.05, 0) is 35.7 Å². The van der Waals surface area contributed by atoms with E-state index < -0.39 is 0 Å². The third kappa shape index (κ3) is 3.99. The van der Waals surface area contributed by atoms with Crippen LogP contribution in [0.4, 0.5) is 0 Å². The molecule has 2 N–H and O–H groups in total. The maximum Gasteiger partial charge on any atom is 0.164 e. The molecule has 2 aromatic carbocycles. The maximum atomic E-state index is 8.83. The zero-order valence-electron chi connectivity index (χ0n) is 13.8. The topological polar surface area (TPSA) is 60.0 Å². The summed E-state index contributed by atoms with van der Waals surface area (Å²) < 4.78 is 16.7. The van der Waals surface area contributed by atoms with Gasteiger partial charge in [-0.1, -0.05) is 24.3 Å². The molecule has 0 fully saturated rings.